The maximum absolute atomic E-state index is 4.40. The minimum absolute atomic E-state index is 1.03. The van der Waals surface area contributed by atoms with Crippen molar-refractivity contribution in [3.05, 3.63) is 0 Å². The number of hydrogen-bond acceptors (Lipinski definition) is 6. The summed E-state index contributed by atoms with van der Waals surface area (Å²) in [5, 5.41) is 0. The summed E-state index contributed by atoms with van der Waals surface area (Å²) < 4.78 is 3.98. The lowest BCUT2D eigenvalue weighted by atomic mass is 10.3. The van der Waals surface area contributed by atoms with Crippen LogP contribution in [-0.4, -0.2) is 20.5 Å². The Morgan fingerprint density at radius 3 is 1.44 bits per heavy atom. The van der Waals surface area contributed by atoms with Gasteiger partial charge < -0.3 is 0 Å². The van der Waals surface area contributed by atoms with Crippen molar-refractivity contribution in [2.24, 2.45) is 0 Å². The van der Waals surface area contributed by atoms with E-state index >= 15 is 0 Å². The highest BCUT2D eigenvalue weighted by Crippen LogP contribution is 2.32. The first kappa shape index (κ1) is 17.3. The Morgan fingerprint density at radius 1 is 0.750 bits per heavy atom. The SMILES string of the molecule is CCCCCN(S)SSN(S)CCCCC. The van der Waals surface area contributed by atoms with Gasteiger partial charge in [0.15, 0.2) is 0 Å². The maximum Gasteiger partial charge on any atom is 0.0208 e. The van der Waals surface area contributed by atoms with Crippen molar-refractivity contribution in [3.63, 3.8) is 0 Å². The fraction of sp³-hybridized carbons (Fsp3) is 1.00. The second-order valence-electron chi connectivity index (χ2n) is 3.71. The second-order valence-corrected chi connectivity index (χ2v) is 7.30. The van der Waals surface area contributed by atoms with Gasteiger partial charge in [0.05, 0.1) is 0 Å². The summed E-state index contributed by atoms with van der Waals surface area (Å²) in [4.78, 5) is 0. The molecule has 0 amide bonds. The van der Waals surface area contributed by atoms with Gasteiger partial charge in [-0.3, -0.25) is 0 Å². The summed E-state index contributed by atoms with van der Waals surface area (Å²) in [5.41, 5.74) is 0. The zero-order chi connectivity index (χ0) is 12.2. The van der Waals surface area contributed by atoms with E-state index in [0.29, 0.717) is 0 Å². The molecule has 0 unspecified atom stereocenters. The summed E-state index contributed by atoms with van der Waals surface area (Å²) in [6.07, 6.45) is 7.52. The van der Waals surface area contributed by atoms with Crippen LogP contribution in [-0.2, 0) is 0 Å². The molecular weight excluding hydrogens is 276 g/mol. The maximum atomic E-state index is 4.40. The molecule has 0 bridgehead atoms. The van der Waals surface area contributed by atoms with E-state index in [2.05, 4.69) is 39.5 Å². The molecule has 0 aromatic rings. The van der Waals surface area contributed by atoms with Crippen LogP contribution in [0.25, 0.3) is 0 Å². The van der Waals surface area contributed by atoms with E-state index in [1.807, 2.05) is 7.42 Å². The van der Waals surface area contributed by atoms with Crippen molar-refractivity contribution >= 4 is 47.6 Å². The fourth-order valence-electron chi connectivity index (χ4n) is 1.15. The molecule has 0 saturated carbocycles. The molecule has 0 heterocycles. The van der Waals surface area contributed by atoms with Crippen LogP contribution in [0.2, 0.25) is 0 Å². The average molecular weight is 301 g/mol. The Balaban J connectivity index is 3.32. The van der Waals surface area contributed by atoms with Gasteiger partial charge >= 0.3 is 0 Å². The molecule has 0 radical (unpaired) electrons. The average Bonchev–Trinajstić information content (AvgIpc) is 2.27. The van der Waals surface area contributed by atoms with Crippen LogP contribution in [0.1, 0.15) is 52.4 Å². The van der Waals surface area contributed by atoms with Gasteiger partial charge in [-0.2, -0.15) is 7.42 Å². The molecule has 0 fully saturated rings. The molecule has 0 spiro atoms. The second kappa shape index (κ2) is 12.8. The van der Waals surface area contributed by atoms with Gasteiger partial charge in [0.2, 0.25) is 0 Å². The summed E-state index contributed by atoms with van der Waals surface area (Å²) in [5.74, 6) is 0. The predicted octanol–water partition coefficient (Wildman–Crippen LogP) is 4.87. The number of hydrogen-bond donors (Lipinski definition) is 2. The molecule has 0 aliphatic heterocycles. The number of rotatable bonds is 11. The molecular formula is C10H24N2S4. The van der Waals surface area contributed by atoms with Crippen molar-refractivity contribution in [1.29, 1.82) is 0 Å². The minimum atomic E-state index is 1.03. The van der Waals surface area contributed by atoms with Crippen molar-refractivity contribution in [3.8, 4) is 0 Å². The van der Waals surface area contributed by atoms with Crippen molar-refractivity contribution < 1.29 is 0 Å². The van der Waals surface area contributed by atoms with Gasteiger partial charge in [0.25, 0.3) is 0 Å². The van der Waals surface area contributed by atoms with Crippen molar-refractivity contribution in [1.82, 2.24) is 7.42 Å². The lowest BCUT2D eigenvalue weighted by molar-refractivity contribution is 0.629. The Labute approximate surface area is 120 Å². The monoisotopic (exact) mass is 300 g/mol. The van der Waals surface area contributed by atoms with E-state index < -0.39 is 0 Å². The minimum Gasteiger partial charge on any atom is -0.187 e. The third-order valence-corrected chi connectivity index (χ3v) is 5.72. The van der Waals surface area contributed by atoms with Gasteiger partial charge in [-0.1, -0.05) is 65.2 Å². The van der Waals surface area contributed by atoms with Gasteiger partial charge in [0, 0.05) is 35.0 Å². The van der Waals surface area contributed by atoms with Gasteiger partial charge in [-0.05, 0) is 12.8 Å². The lowest BCUT2D eigenvalue weighted by Gasteiger charge is -2.17. The third-order valence-electron chi connectivity index (χ3n) is 2.11. The molecule has 98 valence electrons. The first-order valence-corrected chi connectivity index (χ1v) is 8.84. The smallest absolute Gasteiger partial charge is 0.0208 e. The number of nitrogens with zero attached hydrogens (tertiary/aromatic N) is 2. The van der Waals surface area contributed by atoms with E-state index in [-0.39, 0.29) is 0 Å². The molecule has 16 heavy (non-hydrogen) atoms. The number of unbranched alkanes of at least 4 members (excludes halogenated alkanes) is 4. The normalized spacial score (nSPS) is 11.6. The molecule has 0 rings (SSSR count). The highest BCUT2D eigenvalue weighted by molar-refractivity contribution is 8.76. The predicted molar refractivity (Wildman–Crippen MR) is 85.6 cm³/mol. The zero-order valence-corrected chi connectivity index (χ0v) is 13.7. The summed E-state index contributed by atoms with van der Waals surface area (Å²) >= 11 is 8.80. The molecule has 6 heteroatoms. The van der Waals surface area contributed by atoms with Crippen LogP contribution in [0.5, 0.6) is 0 Å². The van der Waals surface area contributed by atoms with E-state index in [1.165, 1.54) is 38.5 Å². The quantitative estimate of drug-likeness (QED) is 0.243. The topological polar surface area (TPSA) is 6.48 Å². The molecule has 0 atom stereocenters. The highest BCUT2D eigenvalue weighted by Gasteiger charge is 2.05. The Morgan fingerprint density at radius 2 is 1.12 bits per heavy atom. The van der Waals surface area contributed by atoms with Crippen molar-refractivity contribution in [2.45, 2.75) is 52.4 Å². The summed E-state index contributed by atoms with van der Waals surface area (Å²) in [6, 6.07) is 0. The van der Waals surface area contributed by atoms with E-state index in [4.69, 9.17) is 0 Å². The van der Waals surface area contributed by atoms with Crippen LogP contribution in [0.15, 0.2) is 0 Å². The highest BCUT2D eigenvalue weighted by atomic mass is 33.1. The van der Waals surface area contributed by atoms with Gasteiger partial charge in [0.1, 0.15) is 0 Å². The van der Waals surface area contributed by atoms with E-state index in [1.54, 1.807) is 22.0 Å². The third kappa shape index (κ3) is 11.8. The van der Waals surface area contributed by atoms with E-state index in [9.17, 15) is 0 Å². The zero-order valence-electron chi connectivity index (χ0n) is 10.3. The molecule has 0 aromatic heterocycles. The first-order valence-electron chi connectivity index (χ1n) is 5.98. The van der Waals surface area contributed by atoms with Crippen LogP contribution >= 0.6 is 47.6 Å². The van der Waals surface area contributed by atoms with Crippen LogP contribution in [0.4, 0.5) is 0 Å². The molecule has 0 aromatic carbocycles. The molecule has 0 saturated heterocycles. The largest absolute Gasteiger partial charge is 0.187 e. The van der Waals surface area contributed by atoms with Crippen LogP contribution in [0.3, 0.4) is 0 Å². The molecule has 0 aliphatic rings. The van der Waals surface area contributed by atoms with Crippen LogP contribution in [0, 0.1) is 0 Å². The Kier molecular flexibility index (Phi) is 13.8. The molecule has 2 nitrogen and oxygen atoms in total. The Bertz CT molecular complexity index is 133. The Hall–Kier alpha value is 1.32. The standard InChI is InChI=1S/C10H24N2S4/c1-3-5-7-9-11(13)15-16-12(14)10-8-6-4-2/h13-14H,3-10H2,1-2H3. The summed E-state index contributed by atoms with van der Waals surface area (Å²) in [7, 11) is 3.31. The van der Waals surface area contributed by atoms with Gasteiger partial charge in [-0.15, -0.1) is 0 Å². The molecule has 0 aliphatic carbocycles. The summed E-state index contributed by atoms with van der Waals surface area (Å²) in [6.45, 7) is 6.50. The first-order chi connectivity index (χ1) is 7.70. The van der Waals surface area contributed by atoms with Gasteiger partial charge in [-0.25, -0.2) is 0 Å². The van der Waals surface area contributed by atoms with E-state index in [0.717, 1.165) is 13.1 Å². The van der Waals surface area contributed by atoms with Crippen molar-refractivity contribution in [2.75, 3.05) is 13.1 Å². The van der Waals surface area contributed by atoms with Crippen LogP contribution < -0.4 is 0 Å². The number of thiol groups is 2. The lowest BCUT2D eigenvalue weighted by Crippen LogP contribution is -2.07. The fourth-order valence-corrected chi connectivity index (χ4v) is 3.44. The molecule has 0 N–H and O–H groups in total.